The molecule has 0 aliphatic heterocycles. The predicted octanol–water partition coefficient (Wildman–Crippen LogP) is 1.94. The van der Waals surface area contributed by atoms with Crippen molar-refractivity contribution in [3.8, 4) is 11.4 Å². The molecule has 0 saturated carbocycles. The Morgan fingerprint density at radius 3 is 2.27 bits per heavy atom. The number of nitrogens with zero attached hydrogens (tertiary/aromatic N) is 4. The second-order valence-corrected chi connectivity index (χ2v) is 5.82. The fourth-order valence-electron chi connectivity index (χ4n) is 2.41. The van der Waals surface area contributed by atoms with E-state index in [-0.39, 0.29) is 5.56 Å². The number of hydrogen-bond acceptors (Lipinski definition) is 3. The maximum absolute atomic E-state index is 12.3. The molecule has 0 radical (unpaired) electrons. The Morgan fingerprint density at radius 1 is 0.955 bits per heavy atom. The SMILES string of the molecule is Cn1c(=O)c2c(nc(-c3ccc(Cl)c(Cl)c3)n2C)n(C)c1=O. The van der Waals surface area contributed by atoms with Crippen molar-refractivity contribution in [2.75, 3.05) is 0 Å². The molecule has 8 heteroatoms. The molecule has 0 spiro atoms. The highest BCUT2D eigenvalue weighted by molar-refractivity contribution is 6.42. The summed E-state index contributed by atoms with van der Waals surface area (Å²) in [4.78, 5) is 28.8. The molecule has 0 aliphatic rings. The van der Waals surface area contributed by atoms with Crippen LogP contribution in [0.1, 0.15) is 0 Å². The Labute approximate surface area is 135 Å². The van der Waals surface area contributed by atoms with Gasteiger partial charge in [0.15, 0.2) is 11.2 Å². The topological polar surface area (TPSA) is 61.8 Å². The molecule has 0 atom stereocenters. The van der Waals surface area contributed by atoms with Crippen LogP contribution in [-0.4, -0.2) is 18.7 Å². The Morgan fingerprint density at radius 2 is 1.64 bits per heavy atom. The first kappa shape index (κ1) is 14.9. The van der Waals surface area contributed by atoms with Crippen LogP contribution in [0.15, 0.2) is 27.8 Å². The lowest BCUT2D eigenvalue weighted by molar-refractivity contribution is 0.705. The molecular weight excluding hydrogens is 327 g/mol. The monoisotopic (exact) mass is 338 g/mol. The summed E-state index contributed by atoms with van der Waals surface area (Å²) in [6.07, 6.45) is 0. The largest absolute Gasteiger partial charge is 0.332 e. The van der Waals surface area contributed by atoms with Gasteiger partial charge in [0.1, 0.15) is 5.82 Å². The molecule has 3 rings (SSSR count). The van der Waals surface area contributed by atoms with Crippen LogP contribution in [0.25, 0.3) is 22.6 Å². The molecule has 2 heterocycles. The summed E-state index contributed by atoms with van der Waals surface area (Å²) in [5, 5.41) is 0.834. The zero-order chi connectivity index (χ0) is 16.2. The standard InChI is InChI=1S/C14H12Cl2N4O2/c1-18-10-12(19(2)14(22)20(3)13(10)21)17-11(18)7-4-5-8(15)9(16)6-7/h4-6H,1-3H3. The van der Waals surface area contributed by atoms with E-state index in [0.717, 1.165) is 4.57 Å². The van der Waals surface area contributed by atoms with E-state index in [1.807, 2.05) is 0 Å². The second-order valence-electron chi connectivity index (χ2n) is 5.00. The molecule has 114 valence electrons. The summed E-state index contributed by atoms with van der Waals surface area (Å²) in [5.41, 5.74) is 0.584. The molecule has 1 aromatic carbocycles. The van der Waals surface area contributed by atoms with Gasteiger partial charge in [-0.1, -0.05) is 23.2 Å². The van der Waals surface area contributed by atoms with Crippen molar-refractivity contribution >= 4 is 34.4 Å². The fraction of sp³-hybridized carbons (Fsp3) is 0.214. The molecule has 6 nitrogen and oxygen atoms in total. The summed E-state index contributed by atoms with van der Waals surface area (Å²) < 4.78 is 4.05. The minimum absolute atomic E-state index is 0.330. The van der Waals surface area contributed by atoms with Crippen LogP contribution in [0.5, 0.6) is 0 Å². The van der Waals surface area contributed by atoms with Crippen LogP contribution in [0.4, 0.5) is 0 Å². The van der Waals surface area contributed by atoms with E-state index < -0.39 is 5.69 Å². The minimum atomic E-state index is -0.420. The van der Waals surface area contributed by atoms with Crippen molar-refractivity contribution in [3.05, 3.63) is 49.1 Å². The first-order valence-corrected chi connectivity index (χ1v) is 7.16. The molecule has 0 unspecified atom stereocenters. The Balaban J connectivity index is 2.43. The summed E-state index contributed by atoms with van der Waals surface area (Å²) in [6, 6.07) is 5.10. The van der Waals surface area contributed by atoms with E-state index >= 15 is 0 Å². The highest BCUT2D eigenvalue weighted by Crippen LogP contribution is 2.28. The molecule has 0 aliphatic carbocycles. The number of imidazole rings is 1. The predicted molar refractivity (Wildman–Crippen MR) is 86.7 cm³/mol. The highest BCUT2D eigenvalue weighted by atomic mass is 35.5. The van der Waals surface area contributed by atoms with E-state index in [0.29, 0.717) is 32.6 Å². The molecule has 0 N–H and O–H groups in total. The first-order valence-electron chi connectivity index (χ1n) is 6.40. The molecule has 22 heavy (non-hydrogen) atoms. The van der Waals surface area contributed by atoms with Crippen LogP contribution >= 0.6 is 23.2 Å². The van der Waals surface area contributed by atoms with Crippen molar-refractivity contribution in [1.82, 2.24) is 18.7 Å². The zero-order valence-corrected chi connectivity index (χ0v) is 13.6. The van der Waals surface area contributed by atoms with E-state index in [1.54, 1.807) is 36.9 Å². The summed E-state index contributed by atoms with van der Waals surface area (Å²) in [7, 11) is 4.74. The van der Waals surface area contributed by atoms with Gasteiger partial charge >= 0.3 is 5.69 Å². The van der Waals surface area contributed by atoms with E-state index in [4.69, 9.17) is 23.2 Å². The van der Waals surface area contributed by atoms with Gasteiger partial charge in [-0.2, -0.15) is 0 Å². The van der Waals surface area contributed by atoms with E-state index in [1.165, 1.54) is 11.6 Å². The van der Waals surface area contributed by atoms with Gasteiger partial charge in [-0.25, -0.2) is 9.78 Å². The normalized spacial score (nSPS) is 11.3. The van der Waals surface area contributed by atoms with Gasteiger partial charge in [0.05, 0.1) is 10.0 Å². The maximum Gasteiger partial charge on any atom is 0.332 e. The molecule has 0 amide bonds. The molecule has 0 fully saturated rings. The highest BCUT2D eigenvalue weighted by Gasteiger charge is 2.18. The van der Waals surface area contributed by atoms with Gasteiger partial charge < -0.3 is 4.57 Å². The third-order valence-corrected chi connectivity index (χ3v) is 4.39. The lowest BCUT2D eigenvalue weighted by atomic mass is 10.2. The number of hydrogen-bond donors (Lipinski definition) is 0. The van der Waals surface area contributed by atoms with Gasteiger partial charge in [0, 0.05) is 26.7 Å². The van der Waals surface area contributed by atoms with E-state index in [2.05, 4.69) is 4.98 Å². The van der Waals surface area contributed by atoms with Crippen molar-refractivity contribution in [2.45, 2.75) is 0 Å². The van der Waals surface area contributed by atoms with Gasteiger partial charge in [-0.05, 0) is 18.2 Å². The first-order chi connectivity index (χ1) is 10.3. The summed E-state index contributed by atoms with van der Waals surface area (Å²) in [5.74, 6) is 0.534. The average Bonchev–Trinajstić information content (AvgIpc) is 2.83. The Hall–Kier alpha value is -2.05. The fourth-order valence-corrected chi connectivity index (χ4v) is 2.71. The second kappa shape index (κ2) is 5.00. The zero-order valence-electron chi connectivity index (χ0n) is 12.1. The van der Waals surface area contributed by atoms with Gasteiger partial charge in [0.2, 0.25) is 0 Å². The van der Waals surface area contributed by atoms with Crippen molar-refractivity contribution in [3.63, 3.8) is 0 Å². The summed E-state index contributed by atoms with van der Waals surface area (Å²) >= 11 is 12.0. The Kier molecular flexibility index (Phi) is 3.38. The third-order valence-electron chi connectivity index (χ3n) is 3.65. The molecule has 3 aromatic rings. The molecular formula is C14H12Cl2N4O2. The van der Waals surface area contributed by atoms with Crippen molar-refractivity contribution in [1.29, 1.82) is 0 Å². The Bertz CT molecular complexity index is 1030. The molecule has 0 bridgehead atoms. The smallest absolute Gasteiger partial charge is 0.321 e. The quantitative estimate of drug-likeness (QED) is 0.681. The molecule has 0 saturated heterocycles. The van der Waals surface area contributed by atoms with Gasteiger partial charge in [-0.3, -0.25) is 13.9 Å². The number of rotatable bonds is 1. The lowest BCUT2D eigenvalue weighted by Gasteiger charge is -2.04. The summed E-state index contributed by atoms with van der Waals surface area (Å²) in [6.45, 7) is 0. The minimum Gasteiger partial charge on any atom is -0.321 e. The van der Waals surface area contributed by atoms with E-state index in [9.17, 15) is 9.59 Å². The average molecular weight is 339 g/mol. The lowest BCUT2D eigenvalue weighted by Crippen LogP contribution is -2.37. The molecule has 2 aromatic heterocycles. The number of aromatic nitrogens is 4. The maximum atomic E-state index is 12.3. The van der Waals surface area contributed by atoms with Crippen LogP contribution in [0.2, 0.25) is 10.0 Å². The van der Waals surface area contributed by atoms with Crippen molar-refractivity contribution in [2.24, 2.45) is 21.1 Å². The van der Waals surface area contributed by atoms with Gasteiger partial charge in [0.25, 0.3) is 5.56 Å². The third kappa shape index (κ3) is 1.99. The van der Waals surface area contributed by atoms with Gasteiger partial charge in [-0.15, -0.1) is 0 Å². The van der Waals surface area contributed by atoms with Crippen LogP contribution < -0.4 is 11.2 Å². The van der Waals surface area contributed by atoms with Crippen LogP contribution in [0.3, 0.4) is 0 Å². The number of aryl methyl sites for hydroxylation is 2. The van der Waals surface area contributed by atoms with Crippen LogP contribution in [-0.2, 0) is 21.1 Å². The number of fused-ring (bicyclic) bond motifs is 1. The number of halogens is 2. The van der Waals surface area contributed by atoms with Crippen LogP contribution in [0, 0.1) is 0 Å². The van der Waals surface area contributed by atoms with Crippen molar-refractivity contribution < 1.29 is 0 Å². The number of benzene rings is 1.